The molecule has 2 rings (SSSR count). The third kappa shape index (κ3) is 2.16. The minimum atomic E-state index is -0.224. The summed E-state index contributed by atoms with van der Waals surface area (Å²) in [5.41, 5.74) is 0. The van der Waals surface area contributed by atoms with Crippen LogP contribution in [-0.4, -0.2) is 26.6 Å². The Kier molecular flexibility index (Phi) is 2.75. The van der Waals surface area contributed by atoms with Crippen molar-refractivity contribution in [3.8, 4) is 0 Å². The summed E-state index contributed by atoms with van der Waals surface area (Å²) in [7, 11) is 0. The molecule has 13 heavy (non-hydrogen) atoms. The van der Waals surface area contributed by atoms with Gasteiger partial charge in [-0.2, -0.15) is 4.37 Å². The molecule has 1 aliphatic rings. The largest absolute Gasteiger partial charge is 0.391 e. The molecule has 1 heterocycles. The second-order valence-electron chi connectivity index (χ2n) is 3.35. The summed E-state index contributed by atoms with van der Waals surface area (Å²) in [5, 5.41) is 13.7. The van der Waals surface area contributed by atoms with Gasteiger partial charge in [0.2, 0.25) is 5.13 Å². The van der Waals surface area contributed by atoms with E-state index in [1.807, 2.05) is 0 Å². The van der Waals surface area contributed by atoms with Gasteiger partial charge in [0.05, 0.1) is 12.1 Å². The van der Waals surface area contributed by atoms with Gasteiger partial charge in [0.25, 0.3) is 0 Å². The molecule has 0 radical (unpaired) electrons. The Balaban J connectivity index is 1.93. The maximum Gasteiger partial charge on any atom is 0.202 e. The number of rotatable bonds is 2. The first-order valence-electron chi connectivity index (χ1n) is 4.57. The molecule has 5 heteroatoms. The number of hydrogen-bond donors (Lipinski definition) is 2. The smallest absolute Gasteiger partial charge is 0.202 e. The van der Waals surface area contributed by atoms with E-state index in [1.54, 1.807) is 0 Å². The molecule has 1 saturated carbocycles. The molecule has 2 unspecified atom stereocenters. The van der Waals surface area contributed by atoms with Crippen LogP contribution in [-0.2, 0) is 0 Å². The molecule has 2 N–H and O–H groups in total. The second kappa shape index (κ2) is 4.02. The summed E-state index contributed by atoms with van der Waals surface area (Å²) in [6.07, 6.45) is 5.56. The molecular formula is C8H13N3OS. The van der Waals surface area contributed by atoms with Crippen molar-refractivity contribution in [1.82, 2.24) is 9.36 Å². The zero-order valence-electron chi connectivity index (χ0n) is 7.31. The summed E-state index contributed by atoms with van der Waals surface area (Å²) in [5.74, 6) is 0. The number of aliphatic hydroxyl groups excluding tert-OH is 1. The summed E-state index contributed by atoms with van der Waals surface area (Å²) in [6, 6.07) is 0.168. The van der Waals surface area contributed by atoms with Crippen molar-refractivity contribution in [2.24, 2.45) is 0 Å². The Morgan fingerprint density at radius 1 is 1.46 bits per heavy atom. The van der Waals surface area contributed by atoms with Gasteiger partial charge in [0.1, 0.15) is 6.33 Å². The van der Waals surface area contributed by atoms with Crippen LogP contribution in [0.15, 0.2) is 6.33 Å². The van der Waals surface area contributed by atoms with Crippen LogP contribution >= 0.6 is 11.5 Å². The highest BCUT2D eigenvalue weighted by molar-refractivity contribution is 7.09. The summed E-state index contributed by atoms with van der Waals surface area (Å²) >= 11 is 1.34. The van der Waals surface area contributed by atoms with E-state index >= 15 is 0 Å². The number of aromatic nitrogens is 2. The molecule has 0 aliphatic heterocycles. The minimum Gasteiger partial charge on any atom is -0.391 e. The minimum absolute atomic E-state index is 0.168. The van der Waals surface area contributed by atoms with Crippen molar-refractivity contribution >= 4 is 16.7 Å². The SMILES string of the molecule is OC1CCCCC1Nc1ncns1. The van der Waals surface area contributed by atoms with E-state index in [1.165, 1.54) is 24.3 Å². The average molecular weight is 199 g/mol. The Morgan fingerprint density at radius 2 is 2.31 bits per heavy atom. The first kappa shape index (κ1) is 8.90. The third-order valence-corrected chi connectivity index (χ3v) is 3.00. The molecule has 1 aromatic rings. The van der Waals surface area contributed by atoms with E-state index in [0.29, 0.717) is 0 Å². The van der Waals surface area contributed by atoms with Gasteiger partial charge in [-0.3, -0.25) is 0 Å². The maximum absolute atomic E-state index is 9.66. The van der Waals surface area contributed by atoms with Crippen molar-refractivity contribution in [2.75, 3.05) is 5.32 Å². The number of aliphatic hydroxyl groups is 1. The first-order valence-corrected chi connectivity index (χ1v) is 5.35. The maximum atomic E-state index is 9.66. The van der Waals surface area contributed by atoms with Crippen LogP contribution in [0.1, 0.15) is 25.7 Å². The molecule has 0 aromatic carbocycles. The van der Waals surface area contributed by atoms with Crippen molar-refractivity contribution < 1.29 is 5.11 Å². The van der Waals surface area contributed by atoms with Crippen molar-refractivity contribution in [2.45, 2.75) is 37.8 Å². The molecular weight excluding hydrogens is 186 g/mol. The van der Waals surface area contributed by atoms with Gasteiger partial charge < -0.3 is 10.4 Å². The highest BCUT2D eigenvalue weighted by Gasteiger charge is 2.23. The zero-order chi connectivity index (χ0) is 9.10. The van der Waals surface area contributed by atoms with E-state index in [4.69, 9.17) is 0 Å². The van der Waals surface area contributed by atoms with Gasteiger partial charge in [-0.25, -0.2) is 4.98 Å². The van der Waals surface area contributed by atoms with Crippen LogP contribution in [0.5, 0.6) is 0 Å². The van der Waals surface area contributed by atoms with Crippen LogP contribution in [0.25, 0.3) is 0 Å². The van der Waals surface area contributed by atoms with E-state index in [2.05, 4.69) is 14.7 Å². The summed E-state index contributed by atoms with van der Waals surface area (Å²) < 4.78 is 3.90. The molecule has 0 saturated heterocycles. The number of hydrogen-bond acceptors (Lipinski definition) is 5. The van der Waals surface area contributed by atoms with Crippen molar-refractivity contribution in [3.63, 3.8) is 0 Å². The van der Waals surface area contributed by atoms with Crippen molar-refractivity contribution in [1.29, 1.82) is 0 Å². The van der Waals surface area contributed by atoms with Crippen LogP contribution in [0.4, 0.5) is 5.13 Å². The molecule has 0 spiro atoms. The van der Waals surface area contributed by atoms with Crippen LogP contribution in [0, 0.1) is 0 Å². The van der Waals surface area contributed by atoms with Gasteiger partial charge in [0.15, 0.2) is 0 Å². The Bertz CT molecular complexity index is 252. The highest BCUT2D eigenvalue weighted by atomic mass is 32.1. The Morgan fingerprint density at radius 3 is 3.00 bits per heavy atom. The monoisotopic (exact) mass is 199 g/mol. The van der Waals surface area contributed by atoms with Gasteiger partial charge in [-0.1, -0.05) is 12.8 Å². The van der Waals surface area contributed by atoms with Crippen LogP contribution in [0.3, 0.4) is 0 Å². The number of anilines is 1. The van der Waals surface area contributed by atoms with E-state index in [0.717, 1.165) is 24.4 Å². The van der Waals surface area contributed by atoms with Crippen molar-refractivity contribution in [3.05, 3.63) is 6.33 Å². The first-order chi connectivity index (χ1) is 6.36. The number of nitrogens with zero attached hydrogens (tertiary/aromatic N) is 2. The lowest BCUT2D eigenvalue weighted by molar-refractivity contribution is 0.116. The average Bonchev–Trinajstić information content (AvgIpc) is 2.61. The molecule has 72 valence electrons. The third-order valence-electron chi connectivity index (χ3n) is 2.40. The zero-order valence-corrected chi connectivity index (χ0v) is 8.13. The lowest BCUT2D eigenvalue weighted by Crippen LogP contribution is -2.36. The predicted octanol–water partition coefficient (Wildman–Crippen LogP) is 1.25. The Labute approximate surface area is 81.2 Å². The molecule has 2 atom stereocenters. The molecule has 1 fully saturated rings. The van der Waals surface area contributed by atoms with E-state index in [9.17, 15) is 5.11 Å². The molecule has 1 aliphatic carbocycles. The molecule has 0 bridgehead atoms. The van der Waals surface area contributed by atoms with Gasteiger partial charge in [-0.15, -0.1) is 0 Å². The lowest BCUT2D eigenvalue weighted by Gasteiger charge is -2.27. The van der Waals surface area contributed by atoms with Gasteiger partial charge in [-0.05, 0) is 12.8 Å². The fraction of sp³-hybridized carbons (Fsp3) is 0.750. The number of nitrogens with one attached hydrogen (secondary N) is 1. The Hall–Kier alpha value is -0.680. The molecule has 1 aromatic heterocycles. The molecule has 4 nitrogen and oxygen atoms in total. The predicted molar refractivity (Wildman–Crippen MR) is 51.8 cm³/mol. The topological polar surface area (TPSA) is 58.0 Å². The molecule has 0 amide bonds. The van der Waals surface area contributed by atoms with Gasteiger partial charge in [0, 0.05) is 11.5 Å². The summed E-state index contributed by atoms with van der Waals surface area (Å²) in [4.78, 5) is 4.03. The van der Waals surface area contributed by atoms with Crippen LogP contribution in [0.2, 0.25) is 0 Å². The fourth-order valence-corrected chi connectivity index (χ4v) is 2.17. The van der Waals surface area contributed by atoms with Gasteiger partial charge >= 0.3 is 0 Å². The standard InChI is InChI=1S/C8H13N3OS/c12-7-4-2-1-3-6(7)11-8-9-5-10-13-8/h5-7,12H,1-4H2,(H,9,10,11). The van der Waals surface area contributed by atoms with Crippen LogP contribution < -0.4 is 5.32 Å². The summed E-state index contributed by atoms with van der Waals surface area (Å²) in [6.45, 7) is 0. The lowest BCUT2D eigenvalue weighted by atomic mass is 9.93. The quantitative estimate of drug-likeness (QED) is 0.752. The van der Waals surface area contributed by atoms with E-state index in [-0.39, 0.29) is 12.1 Å². The normalized spacial score (nSPS) is 28.7. The fourth-order valence-electron chi connectivity index (χ4n) is 1.67. The highest BCUT2D eigenvalue weighted by Crippen LogP contribution is 2.22. The second-order valence-corrected chi connectivity index (χ2v) is 4.13. The van der Waals surface area contributed by atoms with E-state index < -0.39 is 0 Å².